The van der Waals surface area contributed by atoms with E-state index in [1.54, 1.807) is 7.11 Å². The SMILES string of the molecule is CCNCc1ccc(OC)c(OCCCN(C)C)c1. The molecule has 4 heteroatoms. The highest BCUT2D eigenvalue weighted by atomic mass is 16.5. The molecule has 0 saturated heterocycles. The van der Waals surface area contributed by atoms with Gasteiger partial charge in [-0.1, -0.05) is 13.0 Å². The zero-order chi connectivity index (χ0) is 14.1. The predicted molar refractivity (Wildman–Crippen MR) is 79.0 cm³/mol. The summed E-state index contributed by atoms with van der Waals surface area (Å²) >= 11 is 0. The zero-order valence-electron chi connectivity index (χ0n) is 12.5. The van der Waals surface area contributed by atoms with Crippen molar-refractivity contribution in [2.75, 3.05) is 40.9 Å². The van der Waals surface area contributed by atoms with Gasteiger partial charge in [-0.2, -0.15) is 0 Å². The molecule has 4 nitrogen and oxygen atoms in total. The molecule has 19 heavy (non-hydrogen) atoms. The van der Waals surface area contributed by atoms with Gasteiger partial charge in [-0.05, 0) is 44.8 Å². The van der Waals surface area contributed by atoms with Crippen molar-refractivity contribution in [3.05, 3.63) is 23.8 Å². The van der Waals surface area contributed by atoms with Crippen molar-refractivity contribution in [2.24, 2.45) is 0 Å². The van der Waals surface area contributed by atoms with Gasteiger partial charge in [0.15, 0.2) is 11.5 Å². The molecule has 0 fully saturated rings. The van der Waals surface area contributed by atoms with Crippen LogP contribution in [-0.4, -0.2) is 45.8 Å². The van der Waals surface area contributed by atoms with Crippen LogP contribution < -0.4 is 14.8 Å². The van der Waals surface area contributed by atoms with E-state index in [-0.39, 0.29) is 0 Å². The molecule has 0 spiro atoms. The van der Waals surface area contributed by atoms with Crippen molar-refractivity contribution in [3.63, 3.8) is 0 Å². The highest BCUT2D eigenvalue weighted by molar-refractivity contribution is 5.42. The van der Waals surface area contributed by atoms with Crippen LogP contribution in [0.5, 0.6) is 11.5 Å². The van der Waals surface area contributed by atoms with E-state index in [4.69, 9.17) is 9.47 Å². The summed E-state index contributed by atoms with van der Waals surface area (Å²) in [6.45, 7) is 5.65. The minimum Gasteiger partial charge on any atom is -0.493 e. The van der Waals surface area contributed by atoms with E-state index in [0.717, 1.165) is 37.6 Å². The lowest BCUT2D eigenvalue weighted by Gasteiger charge is -2.14. The molecule has 108 valence electrons. The quantitative estimate of drug-likeness (QED) is 0.694. The summed E-state index contributed by atoms with van der Waals surface area (Å²) in [7, 11) is 5.81. The number of rotatable bonds is 9. The first-order valence-electron chi connectivity index (χ1n) is 6.82. The minimum absolute atomic E-state index is 0.708. The Morgan fingerprint density at radius 2 is 2.00 bits per heavy atom. The number of hydrogen-bond donors (Lipinski definition) is 1. The molecule has 0 aromatic heterocycles. The molecular formula is C15H26N2O2. The molecule has 0 aliphatic heterocycles. The number of benzene rings is 1. The van der Waals surface area contributed by atoms with Crippen LogP contribution in [-0.2, 0) is 6.54 Å². The third-order valence-electron chi connectivity index (χ3n) is 2.81. The molecule has 0 aliphatic rings. The molecule has 0 saturated carbocycles. The van der Waals surface area contributed by atoms with Crippen molar-refractivity contribution in [1.82, 2.24) is 10.2 Å². The summed E-state index contributed by atoms with van der Waals surface area (Å²) in [5, 5.41) is 3.31. The molecule has 0 radical (unpaired) electrons. The summed E-state index contributed by atoms with van der Waals surface area (Å²) in [5.41, 5.74) is 1.21. The number of hydrogen-bond acceptors (Lipinski definition) is 4. The maximum atomic E-state index is 5.82. The van der Waals surface area contributed by atoms with Crippen LogP contribution in [0.4, 0.5) is 0 Å². The second-order valence-corrected chi connectivity index (χ2v) is 4.77. The number of methoxy groups -OCH3 is 1. The zero-order valence-corrected chi connectivity index (χ0v) is 12.5. The summed E-state index contributed by atoms with van der Waals surface area (Å²) in [4.78, 5) is 2.15. The van der Waals surface area contributed by atoms with E-state index in [0.29, 0.717) is 6.61 Å². The van der Waals surface area contributed by atoms with Gasteiger partial charge >= 0.3 is 0 Å². The molecule has 0 unspecified atom stereocenters. The summed E-state index contributed by atoms with van der Waals surface area (Å²) < 4.78 is 11.1. The van der Waals surface area contributed by atoms with E-state index in [1.807, 2.05) is 6.07 Å². The van der Waals surface area contributed by atoms with E-state index in [1.165, 1.54) is 5.56 Å². The van der Waals surface area contributed by atoms with Crippen molar-refractivity contribution < 1.29 is 9.47 Å². The fraction of sp³-hybridized carbons (Fsp3) is 0.600. The molecule has 1 rings (SSSR count). The predicted octanol–water partition coefficient (Wildman–Crippen LogP) is 2.14. The van der Waals surface area contributed by atoms with Gasteiger partial charge in [-0.3, -0.25) is 0 Å². The van der Waals surface area contributed by atoms with Gasteiger partial charge in [0, 0.05) is 13.1 Å². The van der Waals surface area contributed by atoms with Crippen LogP contribution in [0.2, 0.25) is 0 Å². The van der Waals surface area contributed by atoms with Gasteiger partial charge < -0.3 is 19.7 Å². The van der Waals surface area contributed by atoms with E-state index in [9.17, 15) is 0 Å². The lowest BCUT2D eigenvalue weighted by molar-refractivity contribution is 0.268. The van der Waals surface area contributed by atoms with Gasteiger partial charge in [0.1, 0.15) is 0 Å². The molecular weight excluding hydrogens is 240 g/mol. The first-order chi connectivity index (χ1) is 9.17. The van der Waals surface area contributed by atoms with Gasteiger partial charge in [-0.15, -0.1) is 0 Å². The average molecular weight is 266 g/mol. The second kappa shape index (κ2) is 8.77. The molecule has 0 atom stereocenters. The third kappa shape index (κ3) is 5.94. The van der Waals surface area contributed by atoms with Crippen molar-refractivity contribution >= 4 is 0 Å². The van der Waals surface area contributed by atoms with E-state index < -0.39 is 0 Å². The summed E-state index contributed by atoms with van der Waals surface area (Å²) in [6, 6.07) is 6.08. The number of ether oxygens (including phenoxy) is 2. The smallest absolute Gasteiger partial charge is 0.161 e. The molecule has 0 heterocycles. The van der Waals surface area contributed by atoms with Gasteiger partial charge in [0.05, 0.1) is 13.7 Å². The topological polar surface area (TPSA) is 33.7 Å². The Hall–Kier alpha value is -1.26. The molecule has 0 amide bonds. The van der Waals surface area contributed by atoms with Crippen molar-refractivity contribution in [3.8, 4) is 11.5 Å². The highest BCUT2D eigenvalue weighted by Gasteiger charge is 2.05. The monoisotopic (exact) mass is 266 g/mol. The lowest BCUT2D eigenvalue weighted by atomic mass is 10.2. The Bertz CT molecular complexity index is 367. The standard InChI is InChI=1S/C15H26N2O2/c1-5-16-12-13-7-8-14(18-4)15(11-13)19-10-6-9-17(2)3/h7-8,11,16H,5-6,9-10,12H2,1-4H3. The van der Waals surface area contributed by atoms with E-state index >= 15 is 0 Å². The Morgan fingerprint density at radius 1 is 1.21 bits per heavy atom. The number of nitrogens with zero attached hydrogens (tertiary/aromatic N) is 1. The van der Waals surface area contributed by atoms with Crippen molar-refractivity contribution in [2.45, 2.75) is 19.9 Å². The van der Waals surface area contributed by atoms with Crippen LogP contribution in [0.25, 0.3) is 0 Å². The summed E-state index contributed by atoms with van der Waals surface area (Å²) in [5.74, 6) is 1.63. The van der Waals surface area contributed by atoms with E-state index in [2.05, 4.69) is 43.4 Å². The van der Waals surface area contributed by atoms with Crippen LogP contribution in [0, 0.1) is 0 Å². The van der Waals surface area contributed by atoms with Crippen LogP contribution in [0.1, 0.15) is 18.9 Å². The Kier molecular flexibility index (Phi) is 7.30. The maximum absolute atomic E-state index is 5.82. The Morgan fingerprint density at radius 3 is 2.63 bits per heavy atom. The van der Waals surface area contributed by atoms with Crippen LogP contribution in [0.15, 0.2) is 18.2 Å². The van der Waals surface area contributed by atoms with Crippen molar-refractivity contribution in [1.29, 1.82) is 0 Å². The fourth-order valence-corrected chi connectivity index (χ4v) is 1.78. The second-order valence-electron chi connectivity index (χ2n) is 4.77. The largest absolute Gasteiger partial charge is 0.493 e. The highest BCUT2D eigenvalue weighted by Crippen LogP contribution is 2.28. The molecule has 1 N–H and O–H groups in total. The third-order valence-corrected chi connectivity index (χ3v) is 2.81. The normalized spacial score (nSPS) is 10.8. The minimum atomic E-state index is 0.708. The van der Waals surface area contributed by atoms with Crippen LogP contribution >= 0.6 is 0 Å². The molecule has 1 aromatic carbocycles. The first-order valence-corrected chi connectivity index (χ1v) is 6.82. The number of nitrogens with one attached hydrogen (secondary N) is 1. The van der Waals surface area contributed by atoms with Gasteiger partial charge in [0.25, 0.3) is 0 Å². The Balaban J connectivity index is 2.57. The molecule has 0 bridgehead atoms. The first kappa shape index (κ1) is 15.8. The summed E-state index contributed by atoms with van der Waals surface area (Å²) in [6.07, 6.45) is 1.01. The molecule has 1 aromatic rings. The van der Waals surface area contributed by atoms with Crippen LogP contribution in [0.3, 0.4) is 0 Å². The average Bonchev–Trinajstić information content (AvgIpc) is 2.41. The maximum Gasteiger partial charge on any atom is 0.161 e. The lowest BCUT2D eigenvalue weighted by Crippen LogP contribution is -2.16. The Labute approximate surface area is 116 Å². The van der Waals surface area contributed by atoms with Gasteiger partial charge in [-0.25, -0.2) is 0 Å². The molecule has 0 aliphatic carbocycles. The fourth-order valence-electron chi connectivity index (χ4n) is 1.78. The van der Waals surface area contributed by atoms with Gasteiger partial charge in [0.2, 0.25) is 0 Å².